The van der Waals surface area contributed by atoms with Gasteiger partial charge in [-0.15, -0.1) is 0 Å². The van der Waals surface area contributed by atoms with Gasteiger partial charge in [0.2, 0.25) is 0 Å². The van der Waals surface area contributed by atoms with Crippen molar-refractivity contribution in [3.05, 3.63) is 35.9 Å². The van der Waals surface area contributed by atoms with Crippen molar-refractivity contribution >= 4 is 11.9 Å². The lowest BCUT2D eigenvalue weighted by molar-refractivity contribution is -0.189. The number of hydroxylamine groups is 2. The number of carbonyl (C=O) groups excluding carboxylic acids is 1. The van der Waals surface area contributed by atoms with Crippen LogP contribution in [0, 0.1) is 0 Å². The molecule has 1 amide bonds. The molecule has 80 valence electrons. The van der Waals surface area contributed by atoms with Crippen LogP contribution in [-0.4, -0.2) is 38.6 Å². The zero-order valence-electron chi connectivity index (χ0n) is 7.57. The van der Waals surface area contributed by atoms with Gasteiger partial charge in [0.05, 0.1) is 0 Å². The zero-order valence-corrected chi connectivity index (χ0v) is 7.57. The van der Waals surface area contributed by atoms with E-state index >= 15 is 0 Å². The van der Waals surface area contributed by atoms with E-state index in [2.05, 4.69) is 0 Å². The van der Waals surface area contributed by atoms with Crippen LogP contribution in [0.2, 0.25) is 0 Å². The molecule has 6 heteroatoms. The van der Waals surface area contributed by atoms with Gasteiger partial charge in [-0.1, -0.05) is 18.2 Å². The van der Waals surface area contributed by atoms with Crippen molar-refractivity contribution in [1.29, 1.82) is 0 Å². The van der Waals surface area contributed by atoms with Crippen LogP contribution in [0.15, 0.2) is 30.3 Å². The first-order valence-electron chi connectivity index (χ1n) is 4.02. The van der Waals surface area contributed by atoms with E-state index in [4.69, 9.17) is 15.4 Å². The van der Waals surface area contributed by atoms with Crippen LogP contribution in [0.1, 0.15) is 10.4 Å². The first-order chi connectivity index (χ1) is 7.04. The minimum absolute atomic E-state index is 0.0836. The normalized spacial score (nSPS) is 11.9. The standard InChI is InChI=1S/C9H9NO5/c11-7(6-4-2-1-3-5-6)10(15)8(12)9(13)14/h1-5,8,12,15H,(H,13,14). The number of carbonyl (C=O) groups is 2. The molecule has 1 rings (SSSR count). The molecule has 1 aromatic rings. The van der Waals surface area contributed by atoms with Gasteiger partial charge < -0.3 is 10.2 Å². The van der Waals surface area contributed by atoms with Crippen LogP contribution < -0.4 is 0 Å². The molecule has 0 aliphatic carbocycles. The third-order valence-electron chi connectivity index (χ3n) is 1.68. The highest BCUT2D eigenvalue weighted by atomic mass is 16.6. The summed E-state index contributed by atoms with van der Waals surface area (Å²) in [5, 5.41) is 26.1. The maximum atomic E-state index is 11.3. The second kappa shape index (κ2) is 4.54. The van der Waals surface area contributed by atoms with Crippen molar-refractivity contribution in [2.24, 2.45) is 0 Å². The van der Waals surface area contributed by atoms with Crippen molar-refractivity contribution in [3.8, 4) is 0 Å². The van der Waals surface area contributed by atoms with Crippen LogP contribution in [0.25, 0.3) is 0 Å². The Kier molecular flexibility index (Phi) is 3.37. The maximum absolute atomic E-state index is 11.3. The summed E-state index contributed by atoms with van der Waals surface area (Å²) in [6.07, 6.45) is -2.27. The van der Waals surface area contributed by atoms with Gasteiger partial charge in [-0.2, -0.15) is 5.06 Å². The summed E-state index contributed by atoms with van der Waals surface area (Å²) >= 11 is 0. The molecule has 0 bridgehead atoms. The fourth-order valence-electron chi connectivity index (χ4n) is 0.929. The summed E-state index contributed by atoms with van der Waals surface area (Å²) < 4.78 is 0. The SMILES string of the molecule is O=C(O)C(O)N(O)C(=O)c1ccccc1. The topological polar surface area (TPSA) is 98.1 Å². The Morgan fingerprint density at radius 3 is 2.20 bits per heavy atom. The van der Waals surface area contributed by atoms with Gasteiger partial charge in [-0.3, -0.25) is 10.0 Å². The van der Waals surface area contributed by atoms with Crippen molar-refractivity contribution in [2.45, 2.75) is 6.23 Å². The smallest absolute Gasteiger partial charge is 0.356 e. The number of carboxylic acid groups (broad SMARTS) is 1. The number of aliphatic carboxylic acids is 1. The van der Waals surface area contributed by atoms with E-state index in [1.165, 1.54) is 12.1 Å². The van der Waals surface area contributed by atoms with Crippen LogP contribution in [0.3, 0.4) is 0 Å². The lowest BCUT2D eigenvalue weighted by Gasteiger charge is -2.17. The molecule has 0 aromatic heterocycles. The predicted octanol–water partition coefficient (Wildman–Crippen LogP) is -0.0790. The van der Waals surface area contributed by atoms with Gasteiger partial charge in [0, 0.05) is 5.56 Å². The fourth-order valence-corrected chi connectivity index (χ4v) is 0.929. The Labute approximate surface area is 84.9 Å². The van der Waals surface area contributed by atoms with Crippen LogP contribution >= 0.6 is 0 Å². The highest BCUT2D eigenvalue weighted by Gasteiger charge is 2.26. The van der Waals surface area contributed by atoms with Gasteiger partial charge in [0.15, 0.2) is 0 Å². The van der Waals surface area contributed by atoms with E-state index in [0.29, 0.717) is 0 Å². The summed E-state index contributed by atoms with van der Waals surface area (Å²) in [6.45, 7) is 0. The van der Waals surface area contributed by atoms with E-state index in [-0.39, 0.29) is 10.6 Å². The molecule has 1 unspecified atom stereocenters. The molecule has 15 heavy (non-hydrogen) atoms. The molecular formula is C9H9NO5. The van der Waals surface area contributed by atoms with E-state index in [9.17, 15) is 9.59 Å². The largest absolute Gasteiger partial charge is 0.478 e. The van der Waals surface area contributed by atoms with E-state index < -0.39 is 18.1 Å². The molecule has 3 N–H and O–H groups in total. The first-order valence-corrected chi connectivity index (χ1v) is 4.02. The Morgan fingerprint density at radius 2 is 1.73 bits per heavy atom. The molecule has 0 fully saturated rings. The minimum Gasteiger partial charge on any atom is -0.478 e. The van der Waals surface area contributed by atoms with Gasteiger partial charge >= 0.3 is 5.97 Å². The summed E-state index contributed by atoms with van der Waals surface area (Å²) in [5.41, 5.74) is 0.0836. The monoisotopic (exact) mass is 211 g/mol. The predicted molar refractivity (Wildman–Crippen MR) is 48.0 cm³/mol. The zero-order chi connectivity index (χ0) is 11.4. The van der Waals surface area contributed by atoms with E-state index in [1.807, 2.05) is 0 Å². The van der Waals surface area contributed by atoms with E-state index in [1.54, 1.807) is 18.2 Å². The molecule has 0 radical (unpaired) electrons. The molecule has 0 heterocycles. The number of aliphatic hydroxyl groups is 1. The summed E-state index contributed by atoms with van der Waals surface area (Å²) in [7, 11) is 0. The molecule has 0 spiro atoms. The fraction of sp³-hybridized carbons (Fsp3) is 0.111. The Bertz CT molecular complexity index is 364. The molecule has 6 nitrogen and oxygen atoms in total. The number of amides is 1. The Hall–Kier alpha value is -1.92. The van der Waals surface area contributed by atoms with Gasteiger partial charge in [0.25, 0.3) is 12.1 Å². The molecule has 0 aliphatic heterocycles. The number of hydrogen-bond donors (Lipinski definition) is 3. The molecule has 0 saturated carbocycles. The third kappa shape index (κ3) is 2.52. The molecule has 0 saturated heterocycles. The van der Waals surface area contributed by atoms with Gasteiger partial charge in [-0.25, -0.2) is 4.79 Å². The second-order valence-electron chi connectivity index (χ2n) is 2.73. The van der Waals surface area contributed by atoms with Crippen LogP contribution in [-0.2, 0) is 4.79 Å². The average Bonchev–Trinajstić information content (AvgIpc) is 2.27. The number of carboxylic acids is 1. The van der Waals surface area contributed by atoms with Crippen molar-refractivity contribution < 1.29 is 25.0 Å². The van der Waals surface area contributed by atoms with Crippen molar-refractivity contribution in [3.63, 3.8) is 0 Å². The number of nitrogens with zero attached hydrogens (tertiary/aromatic N) is 1. The van der Waals surface area contributed by atoms with Crippen LogP contribution in [0.4, 0.5) is 0 Å². The average molecular weight is 211 g/mol. The second-order valence-corrected chi connectivity index (χ2v) is 2.73. The highest BCUT2D eigenvalue weighted by molar-refractivity contribution is 5.95. The summed E-state index contributed by atoms with van der Waals surface area (Å²) in [4.78, 5) is 21.6. The minimum atomic E-state index is -2.27. The highest BCUT2D eigenvalue weighted by Crippen LogP contribution is 2.04. The number of hydrogen-bond acceptors (Lipinski definition) is 4. The quantitative estimate of drug-likeness (QED) is 0.369. The molecule has 0 aliphatic rings. The van der Waals surface area contributed by atoms with Crippen molar-refractivity contribution in [1.82, 2.24) is 5.06 Å². The lowest BCUT2D eigenvalue weighted by atomic mass is 10.2. The number of benzene rings is 1. The third-order valence-corrected chi connectivity index (χ3v) is 1.68. The Balaban J connectivity index is 2.82. The lowest BCUT2D eigenvalue weighted by Crippen LogP contribution is -2.42. The molecule has 1 aromatic carbocycles. The maximum Gasteiger partial charge on any atom is 0.356 e. The number of aliphatic hydroxyl groups excluding tert-OH is 1. The summed E-state index contributed by atoms with van der Waals surface area (Å²) in [6, 6.07) is 7.54. The van der Waals surface area contributed by atoms with Gasteiger partial charge in [-0.05, 0) is 12.1 Å². The van der Waals surface area contributed by atoms with Crippen molar-refractivity contribution in [2.75, 3.05) is 0 Å². The summed E-state index contributed by atoms with van der Waals surface area (Å²) in [5.74, 6) is -2.69. The van der Waals surface area contributed by atoms with Gasteiger partial charge in [0.1, 0.15) is 0 Å². The molecular weight excluding hydrogens is 202 g/mol. The van der Waals surface area contributed by atoms with E-state index in [0.717, 1.165) is 0 Å². The number of rotatable bonds is 3. The first kappa shape index (κ1) is 11.2. The van der Waals surface area contributed by atoms with Crippen LogP contribution in [0.5, 0.6) is 0 Å². The molecule has 1 atom stereocenters. The Morgan fingerprint density at radius 1 is 1.20 bits per heavy atom.